The van der Waals surface area contributed by atoms with Crippen LogP contribution in [0, 0.1) is 0 Å². The maximum absolute atomic E-state index is 12.8. The number of benzene rings is 1. The highest BCUT2D eigenvalue weighted by atomic mass is 32.1. The molecule has 1 N–H and O–H groups in total. The summed E-state index contributed by atoms with van der Waals surface area (Å²) in [4.78, 5) is 14.4. The second kappa shape index (κ2) is 8.12. The van der Waals surface area contributed by atoms with Crippen molar-refractivity contribution in [3.8, 4) is 5.75 Å². The predicted octanol–water partition coefficient (Wildman–Crippen LogP) is 2.18. The number of hydrogen-bond donors (Lipinski definition) is 1. The topological polar surface area (TPSA) is 68.6 Å². The highest BCUT2D eigenvalue weighted by Crippen LogP contribution is 2.24. The number of aromatic nitrogens is 2. The third-order valence-corrected chi connectivity index (χ3v) is 5.20. The minimum atomic E-state index is -0.120. The van der Waals surface area contributed by atoms with Gasteiger partial charge in [0.1, 0.15) is 11.4 Å². The van der Waals surface area contributed by atoms with Crippen LogP contribution in [0.4, 0.5) is 0 Å². The summed E-state index contributed by atoms with van der Waals surface area (Å²) in [5.41, 5.74) is 2.34. The standard InChI is InChI=1S/C20H22N4O3S/c1-26-18-6-5-14(10-15(18)12-23-8-3-7-21-23)11-17-19(25)24(20(28)22-17)13-16-4-2-9-27-16/h3,5-8,10-11,16H,2,4,9,12-13H2,1H3,(H,22,28)/b17-11+. The molecule has 1 atom stereocenters. The molecule has 2 aliphatic heterocycles. The fourth-order valence-corrected chi connectivity index (χ4v) is 3.74. The van der Waals surface area contributed by atoms with Gasteiger partial charge in [0.05, 0.1) is 26.3 Å². The van der Waals surface area contributed by atoms with Crippen LogP contribution in [-0.4, -0.2) is 52.1 Å². The summed E-state index contributed by atoms with van der Waals surface area (Å²) in [5.74, 6) is 0.656. The number of amides is 1. The van der Waals surface area contributed by atoms with E-state index < -0.39 is 0 Å². The Bertz CT molecular complexity index is 904. The quantitative estimate of drug-likeness (QED) is 0.594. The molecule has 0 aliphatic carbocycles. The number of ether oxygens (including phenoxy) is 2. The lowest BCUT2D eigenvalue weighted by molar-refractivity contribution is -0.123. The molecule has 1 aromatic carbocycles. The van der Waals surface area contributed by atoms with Gasteiger partial charge in [-0.2, -0.15) is 5.10 Å². The van der Waals surface area contributed by atoms with Gasteiger partial charge in [0.15, 0.2) is 5.11 Å². The molecule has 28 heavy (non-hydrogen) atoms. The lowest BCUT2D eigenvalue weighted by atomic mass is 10.1. The minimum absolute atomic E-state index is 0.0599. The molecule has 1 unspecified atom stereocenters. The largest absolute Gasteiger partial charge is 0.496 e. The summed E-state index contributed by atoms with van der Waals surface area (Å²) in [5, 5.41) is 7.71. The highest BCUT2D eigenvalue weighted by Gasteiger charge is 2.33. The van der Waals surface area contributed by atoms with Crippen molar-refractivity contribution in [3.05, 3.63) is 53.5 Å². The van der Waals surface area contributed by atoms with Crippen LogP contribution in [0.5, 0.6) is 5.75 Å². The molecule has 0 radical (unpaired) electrons. The summed E-state index contributed by atoms with van der Waals surface area (Å²) in [6.45, 7) is 1.83. The van der Waals surface area contributed by atoms with Crippen molar-refractivity contribution < 1.29 is 14.3 Å². The molecule has 1 amide bonds. The number of carbonyl (C=O) groups is 1. The molecule has 1 aromatic heterocycles. The Morgan fingerprint density at radius 2 is 2.36 bits per heavy atom. The summed E-state index contributed by atoms with van der Waals surface area (Å²) in [7, 11) is 1.64. The van der Waals surface area contributed by atoms with Crippen LogP contribution < -0.4 is 10.1 Å². The van der Waals surface area contributed by atoms with E-state index in [0.29, 0.717) is 23.9 Å². The average molecular weight is 398 g/mol. The average Bonchev–Trinajstić information content (AvgIpc) is 3.43. The fraction of sp³-hybridized carbons (Fsp3) is 0.350. The Balaban J connectivity index is 1.54. The fourth-order valence-electron chi connectivity index (χ4n) is 3.48. The Kier molecular flexibility index (Phi) is 5.40. The van der Waals surface area contributed by atoms with E-state index in [1.165, 1.54) is 0 Å². The Morgan fingerprint density at radius 1 is 1.46 bits per heavy atom. The first-order valence-electron chi connectivity index (χ1n) is 9.24. The van der Waals surface area contributed by atoms with Gasteiger partial charge in [-0.3, -0.25) is 14.4 Å². The summed E-state index contributed by atoms with van der Waals surface area (Å²) in [6.07, 6.45) is 7.50. The van der Waals surface area contributed by atoms with E-state index in [2.05, 4.69) is 10.4 Å². The molecule has 146 valence electrons. The summed E-state index contributed by atoms with van der Waals surface area (Å²) >= 11 is 5.35. The molecule has 4 rings (SSSR count). The first kappa shape index (κ1) is 18.6. The van der Waals surface area contributed by atoms with Crippen molar-refractivity contribution in [2.75, 3.05) is 20.3 Å². The second-order valence-corrected chi connectivity index (χ2v) is 7.20. The first-order valence-corrected chi connectivity index (χ1v) is 9.65. The highest BCUT2D eigenvalue weighted by molar-refractivity contribution is 7.80. The van der Waals surface area contributed by atoms with E-state index in [0.717, 1.165) is 36.3 Å². The Labute approximate surface area is 168 Å². The molecule has 2 aliphatic rings. The number of hydrogen-bond acceptors (Lipinski definition) is 5. The molecule has 0 saturated carbocycles. The zero-order valence-corrected chi connectivity index (χ0v) is 16.4. The molecular formula is C20H22N4O3S. The Hall–Kier alpha value is -2.71. The number of methoxy groups -OCH3 is 1. The number of rotatable bonds is 6. The third kappa shape index (κ3) is 3.93. The number of nitrogens with zero attached hydrogens (tertiary/aromatic N) is 3. The van der Waals surface area contributed by atoms with Gasteiger partial charge >= 0.3 is 0 Å². The van der Waals surface area contributed by atoms with Gasteiger partial charge in [0.25, 0.3) is 5.91 Å². The van der Waals surface area contributed by atoms with Crippen molar-refractivity contribution in [1.29, 1.82) is 0 Å². The molecule has 0 bridgehead atoms. The van der Waals surface area contributed by atoms with Gasteiger partial charge < -0.3 is 14.8 Å². The third-order valence-electron chi connectivity index (χ3n) is 4.88. The van der Waals surface area contributed by atoms with Gasteiger partial charge in [-0.1, -0.05) is 6.07 Å². The van der Waals surface area contributed by atoms with Gasteiger partial charge in [-0.15, -0.1) is 0 Å². The predicted molar refractivity (Wildman–Crippen MR) is 109 cm³/mol. The monoisotopic (exact) mass is 398 g/mol. The molecule has 0 spiro atoms. The van der Waals surface area contributed by atoms with Crippen LogP contribution in [0.15, 0.2) is 42.4 Å². The lowest BCUT2D eigenvalue weighted by Crippen LogP contribution is -2.37. The molecule has 3 heterocycles. The number of carbonyl (C=O) groups excluding carboxylic acids is 1. The van der Waals surface area contributed by atoms with E-state index >= 15 is 0 Å². The molecule has 7 nitrogen and oxygen atoms in total. The van der Waals surface area contributed by atoms with Crippen LogP contribution in [0.3, 0.4) is 0 Å². The van der Waals surface area contributed by atoms with Gasteiger partial charge in [0.2, 0.25) is 0 Å². The van der Waals surface area contributed by atoms with Gasteiger partial charge in [0, 0.05) is 24.6 Å². The van der Waals surface area contributed by atoms with Crippen molar-refractivity contribution in [3.63, 3.8) is 0 Å². The van der Waals surface area contributed by atoms with Crippen LogP contribution in [-0.2, 0) is 16.1 Å². The van der Waals surface area contributed by atoms with Crippen molar-refractivity contribution in [1.82, 2.24) is 20.0 Å². The Morgan fingerprint density at radius 3 is 3.07 bits per heavy atom. The molecule has 8 heteroatoms. The van der Waals surface area contributed by atoms with Crippen LogP contribution in [0.25, 0.3) is 6.08 Å². The van der Waals surface area contributed by atoms with Crippen LogP contribution in [0.2, 0.25) is 0 Å². The number of thiocarbonyl (C=S) groups is 1. The summed E-state index contributed by atoms with van der Waals surface area (Å²) in [6, 6.07) is 7.68. The number of nitrogens with one attached hydrogen (secondary N) is 1. The van der Waals surface area contributed by atoms with Crippen molar-refractivity contribution in [2.45, 2.75) is 25.5 Å². The van der Waals surface area contributed by atoms with Gasteiger partial charge in [-0.25, -0.2) is 0 Å². The summed E-state index contributed by atoms with van der Waals surface area (Å²) < 4.78 is 12.9. The van der Waals surface area contributed by atoms with E-state index in [1.54, 1.807) is 18.2 Å². The molecular weight excluding hydrogens is 376 g/mol. The second-order valence-electron chi connectivity index (χ2n) is 6.81. The molecule has 2 saturated heterocycles. The smallest absolute Gasteiger partial charge is 0.276 e. The first-order chi connectivity index (χ1) is 13.6. The van der Waals surface area contributed by atoms with E-state index in [4.69, 9.17) is 21.7 Å². The van der Waals surface area contributed by atoms with E-state index in [-0.39, 0.29) is 12.0 Å². The molecule has 2 fully saturated rings. The zero-order chi connectivity index (χ0) is 19.5. The van der Waals surface area contributed by atoms with E-state index in [9.17, 15) is 4.79 Å². The zero-order valence-electron chi connectivity index (χ0n) is 15.6. The van der Waals surface area contributed by atoms with Crippen molar-refractivity contribution in [2.24, 2.45) is 0 Å². The van der Waals surface area contributed by atoms with Gasteiger partial charge in [-0.05, 0) is 54.9 Å². The minimum Gasteiger partial charge on any atom is -0.496 e. The van der Waals surface area contributed by atoms with Crippen LogP contribution >= 0.6 is 12.2 Å². The maximum Gasteiger partial charge on any atom is 0.276 e. The van der Waals surface area contributed by atoms with E-state index in [1.807, 2.05) is 41.2 Å². The normalized spacial score (nSPS) is 20.8. The SMILES string of the molecule is COc1ccc(/C=C2/NC(=S)N(CC3CCCO3)C2=O)cc1Cn1cccn1. The van der Waals surface area contributed by atoms with Crippen LogP contribution in [0.1, 0.15) is 24.0 Å². The van der Waals surface area contributed by atoms with Crippen molar-refractivity contribution >= 4 is 29.3 Å². The lowest BCUT2D eigenvalue weighted by Gasteiger charge is -2.18. The molecule has 2 aromatic rings. The maximum atomic E-state index is 12.8.